The first kappa shape index (κ1) is 19.5. The van der Waals surface area contributed by atoms with Crippen LogP contribution in [0.4, 0.5) is 11.6 Å². The Balaban J connectivity index is 1.91. The SMILES string of the molecule is CCCCCN(C)c1ncc(-c2ccncc2)nc1N1CCCN(C)CC1. The van der Waals surface area contributed by atoms with E-state index in [2.05, 4.69) is 40.7 Å². The van der Waals surface area contributed by atoms with Crippen molar-refractivity contribution in [3.05, 3.63) is 30.7 Å². The first-order valence-corrected chi connectivity index (χ1v) is 10.1. The standard InChI is InChI=1S/C21H32N6/c1-4-5-6-13-26(3)20-21(27-14-7-12-25(2)15-16-27)24-19(17-23-20)18-8-10-22-11-9-18/h8-11,17H,4-7,12-16H2,1-3H3. The zero-order valence-electron chi connectivity index (χ0n) is 16.9. The Morgan fingerprint density at radius 3 is 2.67 bits per heavy atom. The minimum absolute atomic E-state index is 0.913. The largest absolute Gasteiger partial charge is 0.357 e. The second-order valence-electron chi connectivity index (χ2n) is 7.41. The highest BCUT2D eigenvalue weighted by Gasteiger charge is 2.21. The van der Waals surface area contributed by atoms with Gasteiger partial charge in [0, 0.05) is 51.2 Å². The molecular formula is C21H32N6. The van der Waals surface area contributed by atoms with Gasteiger partial charge in [-0.3, -0.25) is 4.98 Å². The Morgan fingerprint density at radius 1 is 1.07 bits per heavy atom. The fourth-order valence-electron chi connectivity index (χ4n) is 3.48. The Hall–Kier alpha value is -2.21. The summed E-state index contributed by atoms with van der Waals surface area (Å²) in [5, 5.41) is 0. The van der Waals surface area contributed by atoms with E-state index >= 15 is 0 Å². The van der Waals surface area contributed by atoms with E-state index in [9.17, 15) is 0 Å². The molecule has 1 aliphatic rings. The van der Waals surface area contributed by atoms with Gasteiger partial charge in [-0.1, -0.05) is 19.8 Å². The third-order valence-corrected chi connectivity index (χ3v) is 5.19. The summed E-state index contributed by atoms with van der Waals surface area (Å²) in [5.74, 6) is 2.01. The number of rotatable bonds is 7. The number of anilines is 2. The average Bonchev–Trinajstić information content (AvgIpc) is 2.93. The van der Waals surface area contributed by atoms with Crippen molar-refractivity contribution in [1.82, 2.24) is 19.9 Å². The number of likely N-dealkylation sites (N-methyl/N-ethyl adjacent to an activating group) is 1. The maximum absolute atomic E-state index is 5.06. The van der Waals surface area contributed by atoms with Gasteiger partial charge in [0.25, 0.3) is 0 Å². The molecule has 0 spiro atoms. The molecule has 1 aliphatic heterocycles. The van der Waals surface area contributed by atoms with E-state index in [1.807, 2.05) is 30.7 Å². The van der Waals surface area contributed by atoms with Gasteiger partial charge >= 0.3 is 0 Å². The van der Waals surface area contributed by atoms with Crippen molar-refractivity contribution in [2.24, 2.45) is 0 Å². The van der Waals surface area contributed by atoms with Crippen LogP contribution in [0.5, 0.6) is 0 Å². The van der Waals surface area contributed by atoms with Gasteiger partial charge in [0.15, 0.2) is 11.6 Å². The topological polar surface area (TPSA) is 48.4 Å². The lowest BCUT2D eigenvalue weighted by Gasteiger charge is -2.28. The van der Waals surface area contributed by atoms with Crippen molar-refractivity contribution in [3.8, 4) is 11.3 Å². The van der Waals surface area contributed by atoms with Crippen LogP contribution in [0.1, 0.15) is 32.6 Å². The van der Waals surface area contributed by atoms with E-state index in [0.717, 1.165) is 62.0 Å². The van der Waals surface area contributed by atoms with Gasteiger partial charge in [0.2, 0.25) is 0 Å². The van der Waals surface area contributed by atoms with Gasteiger partial charge in [0.05, 0.1) is 11.9 Å². The van der Waals surface area contributed by atoms with Crippen molar-refractivity contribution < 1.29 is 0 Å². The molecule has 1 saturated heterocycles. The van der Waals surface area contributed by atoms with E-state index in [-0.39, 0.29) is 0 Å². The highest BCUT2D eigenvalue weighted by Crippen LogP contribution is 2.29. The second kappa shape index (κ2) is 9.65. The molecule has 0 atom stereocenters. The molecule has 3 heterocycles. The summed E-state index contributed by atoms with van der Waals surface area (Å²) >= 11 is 0. The lowest BCUT2D eigenvalue weighted by molar-refractivity contribution is 0.360. The van der Waals surface area contributed by atoms with Gasteiger partial charge in [-0.25, -0.2) is 9.97 Å². The summed E-state index contributed by atoms with van der Waals surface area (Å²) < 4.78 is 0. The summed E-state index contributed by atoms with van der Waals surface area (Å²) in [7, 11) is 4.33. The molecule has 0 bridgehead atoms. The lowest BCUT2D eigenvalue weighted by atomic mass is 10.2. The number of nitrogens with zero attached hydrogens (tertiary/aromatic N) is 6. The van der Waals surface area contributed by atoms with Crippen molar-refractivity contribution in [2.45, 2.75) is 32.6 Å². The Kier molecular flexibility index (Phi) is 6.98. The molecule has 1 fully saturated rings. The van der Waals surface area contributed by atoms with Crippen LogP contribution in [0, 0.1) is 0 Å². The molecule has 3 rings (SSSR count). The summed E-state index contributed by atoms with van der Waals surface area (Å²) in [6.07, 6.45) is 10.3. The molecule has 0 N–H and O–H groups in total. The number of unbranched alkanes of at least 4 members (excludes halogenated alkanes) is 2. The van der Waals surface area contributed by atoms with Gasteiger partial charge < -0.3 is 14.7 Å². The van der Waals surface area contributed by atoms with Crippen LogP contribution in [0.2, 0.25) is 0 Å². The van der Waals surface area contributed by atoms with Crippen molar-refractivity contribution in [3.63, 3.8) is 0 Å². The Morgan fingerprint density at radius 2 is 1.89 bits per heavy atom. The molecule has 0 saturated carbocycles. The maximum Gasteiger partial charge on any atom is 0.172 e. The van der Waals surface area contributed by atoms with Gasteiger partial charge in [-0.15, -0.1) is 0 Å². The lowest BCUT2D eigenvalue weighted by Crippen LogP contribution is -2.32. The van der Waals surface area contributed by atoms with E-state index in [1.165, 1.54) is 19.3 Å². The van der Waals surface area contributed by atoms with Crippen LogP contribution in [-0.2, 0) is 0 Å². The predicted molar refractivity (Wildman–Crippen MR) is 112 cm³/mol. The monoisotopic (exact) mass is 368 g/mol. The molecular weight excluding hydrogens is 336 g/mol. The minimum atomic E-state index is 0.913. The number of hydrogen-bond donors (Lipinski definition) is 0. The quantitative estimate of drug-likeness (QED) is 0.699. The fourth-order valence-corrected chi connectivity index (χ4v) is 3.48. The number of hydrogen-bond acceptors (Lipinski definition) is 6. The molecule has 2 aromatic rings. The minimum Gasteiger partial charge on any atom is -0.357 e. The van der Waals surface area contributed by atoms with Crippen LogP contribution in [-0.4, -0.2) is 66.7 Å². The third kappa shape index (κ3) is 5.16. The molecule has 6 nitrogen and oxygen atoms in total. The summed E-state index contributed by atoms with van der Waals surface area (Å²) in [4.78, 5) is 21.1. The Labute approximate surface area is 163 Å². The smallest absolute Gasteiger partial charge is 0.172 e. The number of pyridine rings is 1. The fraction of sp³-hybridized carbons (Fsp3) is 0.571. The van der Waals surface area contributed by atoms with Gasteiger partial charge in [-0.2, -0.15) is 0 Å². The van der Waals surface area contributed by atoms with E-state index < -0.39 is 0 Å². The predicted octanol–water partition coefficient (Wildman–Crippen LogP) is 3.31. The van der Waals surface area contributed by atoms with Crippen molar-refractivity contribution >= 4 is 11.6 Å². The van der Waals surface area contributed by atoms with Crippen LogP contribution < -0.4 is 9.80 Å². The molecule has 0 aliphatic carbocycles. The van der Waals surface area contributed by atoms with Crippen LogP contribution >= 0.6 is 0 Å². The summed E-state index contributed by atoms with van der Waals surface area (Å²) in [6.45, 7) is 7.45. The average molecular weight is 369 g/mol. The van der Waals surface area contributed by atoms with Crippen LogP contribution in [0.15, 0.2) is 30.7 Å². The first-order valence-electron chi connectivity index (χ1n) is 10.1. The summed E-state index contributed by atoms with van der Waals surface area (Å²) in [6, 6.07) is 3.99. The molecule has 0 amide bonds. The van der Waals surface area contributed by atoms with Crippen molar-refractivity contribution in [1.29, 1.82) is 0 Å². The van der Waals surface area contributed by atoms with E-state index in [0.29, 0.717) is 0 Å². The summed E-state index contributed by atoms with van der Waals surface area (Å²) in [5.41, 5.74) is 1.97. The Bertz CT molecular complexity index is 705. The van der Waals surface area contributed by atoms with Crippen LogP contribution in [0.3, 0.4) is 0 Å². The maximum atomic E-state index is 5.06. The zero-order valence-corrected chi connectivity index (χ0v) is 16.9. The normalized spacial score (nSPS) is 15.6. The second-order valence-corrected chi connectivity index (χ2v) is 7.41. The number of aromatic nitrogens is 3. The molecule has 6 heteroatoms. The van der Waals surface area contributed by atoms with Crippen molar-refractivity contribution in [2.75, 3.05) is 56.6 Å². The first-order chi connectivity index (χ1) is 13.2. The highest BCUT2D eigenvalue weighted by atomic mass is 15.3. The van der Waals surface area contributed by atoms with E-state index in [1.54, 1.807) is 0 Å². The van der Waals surface area contributed by atoms with Gasteiger partial charge in [0.1, 0.15) is 0 Å². The molecule has 27 heavy (non-hydrogen) atoms. The molecule has 0 radical (unpaired) electrons. The third-order valence-electron chi connectivity index (χ3n) is 5.19. The molecule has 0 unspecified atom stereocenters. The van der Waals surface area contributed by atoms with Crippen LogP contribution in [0.25, 0.3) is 11.3 Å². The van der Waals surface area contributed by atoms with E-state index in [4.69, 9.17) is 9.97 Å². The molecule has 146 valence electrons. The molecule has 2 aromatic heterocycles. The zero-order chi connectivity index (χ0) is 19.1. The van der Waals surface area contributed by atoms with Gasteiger partial charge in [-0.05, 0) is 38.6 Å². The molecule has 0 aromatic carbocycles. The highest BCUT2D eigenvalue weighted by molar-refractivity contribution is 5.68.